The van der Waals surface area contributed by atoms with E-state index in [9.17, 15) is 0 Å². The molecule has 1 heterocycles. The molecule has 0 saturated carbocycles. The summed E-state index contributed by atoms with van der Waals surface area (Å²) in [4.78, 5) is 3.96. The van der Waals surface area contributed by atoms with E-state index in [0.29, 0.717) is 10.3 Å². The van der Waals surface area contributed by atoms with Crippen LogP contribution in [-0.2, 0) is 6.54 Å². The van der Waals surface area contributed by atoms with Gasteiger partial charge in [0.2, 0.25) is 0 Å². The molecule has 0 unspecified atom stereocenters. The van der Waals surface area contributed by atoms with Crippen molar-refractivity contribution in [3.05, 3.63) is 46.2 Å². The van der Waals surface area contributed by atoms with Crippen molar-refractivity contribution in [3.8, 4) is 0 Å². The van der Waals surface area contributed by atoms with Gasteiger partial charge >= 0.3 is 0 Å². The summed E-state index contributed by atoms with van der Waals surface area (Å²) < 4.78 is 0. The Bertz CT molecular complexity index is 375. The number of halogens is 2. The van der Waals surface area contributed by atoms with E-state index in [-0.39, 0.29) is 0 Å². The van der Waals surface area contributed by atoms with E-state index in [0.717, 1.165) is 13.2 Å². The molecule has 1 aromatic carbocycles. The Morgan fingerprint density at radius 1 is 1.13 bits per heavy atom. The van der Waals surface area contributed by atoms with Crippen LogP contribution in [-0.4, -0.2) is 23.5 Å². The van der Waals surface area contributed by atoms with Crippen molar-refractivity contribution in [3.63, 3.8) is 0 Å². The Kier molecular flexibility index (Phi) is 3.08. The Hall–Kier alpha value is -0.860. The molecule has 1 aromatic rings. The highest BCUT2D eigenvalue weighted by Crippen LogP contribution is 2.29. The summed E-state index contributed by atoms with van der Waals surface area (Å²) in [6, 6.07) is 10.2. The molecule has 0 fully saturated rings. The Balaban J connectivity index is 2.10. The molecular formula is C11H12Cl2N2. The highest BCUT2D eigenvalue weighted by atomic mass is 35.5. The lowest BCUT2D eigenvalue weighted by molar-refractivity contribution is 0.283. The van der Waals surface area contributed by atoms with Gasteiger partial charge in [-0.05, 0) is 5.56 Å². The first-order valence-corrected chi connectivity index (χ1v) is 5.49. The molecule has 0 aliphatic carbocycles. The molecule has 15 heavy (non-hydrogen) atoms. The minimum atomic E-state index is 0.618. The van der Waals surface area contributed by atoms with Crippen LogP contribution < -0.4 is 0 Å². The average Bonchev–Trinajstić information content (AvgIpc) is 2.48. The molecule has 4 heteroatoms. The predicted molar refractivity (Wildman–Crippen MR) is 63.3 cm³/mol. The SMILES string of the molecule is CN1CN(Cc2ccccc2)C(Cl)=C1Cl. The number of hydrogen-bond donors (Lipinski definition) is 0. The van der Waals surface area contributed by atoms with Gasteiger partial charge in [-0.2, -0.15) is 0 Å². The van der Waals surface area contributed by atoms with Gasteiger partial charge < -0.3 is 9.80 Å². The minimum Gasteiger partial charge on any atom is -0.345 e. The van der Waals surface area contributed by atoms with E-state index < -0.39 is 0 Å². The molecular weight excluding hydrogens is 231 g/mol. The molecule has 2 nitrogen and oxygen atoms in total. The van der Waals surface area contributed by atoms with Crippen molar-refractivity contribution in [2.75, 3.05) is 13.7 Å². The smallest absolute Gasteiger partial charge is 0.142 e. The van der Waals surface area contributed by atoms with E-state index in [1.807, 2.05) is 35.0 Å². The number of rotatable bonds is 2. The highest BCUT2D eigenvalue weighted by molar-refractivity contribution is 6.38. The second-order valence-corrected chi connectivity index (χ2v) is 4.32. The van der Waals surface area contributed by atoms with Gasteiger partial charge in [-0.15, -0.1) is 0 Å². The van der Waals surface area contributed by atoms with Gasteiger partial charge in [0.25, 0.3) is 0 Å². The third-order valence-corrected chi connectivity index (χ3v) is 3.36. The lowest BCUT2D eigenvalue weighted by Gasteiger charge is -2.19. The average molecular weight is 243 g/mol. The first-order valence-electron chi connectivity index (χ1n) is 4.74. The Morgan fingerprint density at radius 2 is 1.80 bits per heavy atom. The fourth-order valence-electron chi connectivity index (χ4n) is 1.59. The third-order valence-electron chi connectivity index (χ3n) is 2.38. The van der Waals surface area contributed by atoms with Gasteiger partial charge in [0.05, 0.1) is 6.67 Å². The standard InChI is InChI=1S/C11H12Cl2N2/c1-14-8-15(11(13)10(14)12)7-9-5-3-2-4-6-9/h2-6H,7-8H2,1H3. The maximum atomic E-state index is 6.11. The van der Waals surface area contributed by atoms with Crippen LogP contribution in [0.2, 0.25) is 0 Å². The first kappa shape index (κ1) is 10.7. The van der Waals surface area contributed by atoms with Gasteiger partial charge in [-0.1, -0.05) is 53.5 Å². The van der Waals surface area contributed by atoms with Gasteiger partial charge in [0, 0.05) is 13.6 Å². The summed E-state index contributed by atoms with van der Waals surface area (Å²) in [5, 5.41) is 1.25. The third kappa shape index (κ3) is 2.21. The zero-order valence-electron chi connectivity index (χ0n) is 8.45. The second-order valence-electron chi connectivity index (χ2n) is 3.60. The molecule has 0 atom stereocenters. The fraction of sp³-hybridized carbons (Fsp3) is 0.273. The summed E-state index contributed by atoms with van der Waals surface area (Å²) in [6.07, 6.45) is 0. The second kappa shape index (κ2) is 4.33. The van der Waals surface area contributed by atoms with Gasteiger partial charge in [-0.25, -0.2) is 0 Å². The molecule has 0 saturated heterocycles. The van der Waals surface area contributed by atoms with E-state index in [2.05, 4.69) is 12.1 Å². The van der Waals surface area contributed by atoms with Gasteiger partial charge in [0.1, 0.15) is 10.3 Å². The van der Waals surface area contributed by atoms with Crippen molar-refractivity contribution < 1.29 is 0 Å². The van der Waals surface area contributed by atoms with Crippen LogP contribution in [0.4, 0.5) is 0 Å². The highest BCUT2D eigenvalue weighted by Gasteiger charge is 2.23. The largest absolute Gasteiger partial charge is 0.345 e. The quantitative estimate of drug-likeness (QED) is 0.737. The van der Waals surface area contributed by atoms with Gasteiger partial charge in [-0.3, -0.25) is 0 Å². The molecule has 0 radical (unpaired) electrons. The van der Waals surface area contributed by atoms with Crippen LogP contribution in [0.3, 0.4) is 0 Å². The number of nitrogens with zero attached hydrogens (tertiary/aromatic N) is 2. The summed E-state index contributed by atoms with van der Waals surface area (Å²) in [7, 11) is 1.93. The molecule has 0 aromatic heterocycles. The van der Waals surface area contributed by atoms with Crippen molar-refractivity contribution >= 4 is 23.2 Å². The Labute approximate surface area is 99.7 Å². The van der Waals surface area contributed by atoms with Crippen molar-refractivity contribution in [2.24, 2.45) is 0 Å². The molecule has 0 spiro atoms. The maximum Gasteiger partial charge on any atom is 0.142 e. The van der Waals surface area contributed by atoms with Crippen molar-refractivity contribution in [1.82, 2.24) is 9.80 Å². The monoisotopic (exact) mass is 242 g/mol. The first-order chi connectivity index (χ1) is 7.18. The summed E-state index contributed by atoms with van der Waals surface area (Å²) >= 11 is 12.1. The molecule has 1 aliphatic heterocycles. The summed E-state index contributed by atoms with van der Waals surface area (Å²) in [5.41, 5.74) is 1.23. The maximum absolute atomic E-state index is 6.11. The van der Waals surface area contributed by atoms with Crippen LogP contribution in [0.25, 0.3) is 0 Å². The van der Waals surface area contributed by atoms with Crippen molar-refractivity contribution in [1.29, 1.82) is 0 Å². The van der Waals surface area contributed by atoms with Crippen LogP contribution in [0.5, 0.6) is 0 Å². The van der Waals surface area contributed by atoms with E-state index in [4.69, 9.17) is 23.2 Å². The van der Waals surface area contributed by atoms with E-state index >= 15 is 0 Å². The van der Waals surface area contributed by atoms with E-state index in [1.54, 1.807) is 0 Å². The predicted octanol–water partition coefficient (Wildman–Crippen LogP) is 3.00. The molecule has 80 valence electrons. The lowest BCUT2D eigenvalue weighted by Crippen LogP contribution is -2.23. The topological polar surface area (TPSA) is 6.48 Å². The van der Waals surface area contributed by atoms with Crippen LogP contribution in [0, 0.1) is 0 Å². The molecule has 0 N–H and O–H groups in total. The lowest BCUT2D eigenvalue weighted by atomic mass is 10.2. The molecule has 1 aliphatic rings. The number of benzene rings is 1. The van der Waals surface area contributed by atoms with Crippen LogP contribution >= 0.6 is 23.2 Å². The van der Waals surface area contributed by atoms with Crippen LogP contribution in [0.1, 0.15) is 5.56 Å². The van der Waals surface area contributed by atoms with Gasteiger partial charge in [0.15, 0.2) is 0 Å². The zero-order valence-corrected chi connectivity index (χ0v) is 9.96. The fourth-order valence-corrected chi connectivity index (χ4v) is 2.02. The minimum absolute atomic E-state index is 0.618. The molecule has 2 rings (SSSR count). The Morgan fingerprint density at radius 3 is 2.33 bits per heavy atom. The number of hydrogen-bond acceptors (Lipinski definition) is 2. The molecule has 0 bridgehead atoms. The molecule has 0 amide bonds. The zero-order chi connectivity index (χ0) is 10.8. The summed E-state index contributed by atoms with van der Waals surface area (Å²) in [6.45, 7) is 1.53. The summed E-state index contributed by atoms with van der Waals surface area (Å²) in [5.74, 6) is 0. The van der Waals surface area contributed by atoms with Crippen molar-refractivity contribution in [2.45, 2.75) is 6.54 Å². The van der Waals surface area contributed by atoms with Crippen LogP contribution in [0.15, 0.2) is 40.6 Å². The van der Waals surface area contributed by atoms with E-state index in [1.165, 1.54) is 5.56 Å². The normalized spacial score (nSPS) is 16.5.